The summed E-state index contributed by atoms with van der Waals surface area (Å²) in [4.78, 5) is 15.7. The third kappa shape index (κ3) is 5.48. The molecule has 0 unspecified atom stereocenters. The van der Waals surface area contributed by atoms with E-state index in [-0.39, 0.29) is 12.5 Å². The van der Waals surface area contributed by atoms with Crippen LogP contribution in [0, 0.1) is 0 Å². The van der Waals surface area contributed by atoms with Gasteiger partial charge in [-0.25, -0.2) is 0 Å². The lowest BCUT2D eigenvalue weighted by Gasteiger charge is -2.27. The topological polar surface area (TPSA) is 88.0 Å². The Labute approximate surface area is 151 Å². The Hall–Kier alpha value is -2.03. The molecule has 1 aliphatic rings. The predicted molar refractivity (Wildman–Crippen MR) is 95.2 cm³/mol. The zero-order valence-corrected chi connectivity index (χ0v) is 14.7. The molecule has 0 bridgehead atoms. The molecule has 1 aromatic carbocycles. The molecule has 1 saturated heterocycles. The van der Waals surface area contributed by atoms with Gasteiger partial charge in [-0.15, -0.1) is 10.2 Å². The summed E-state index contributed by atoms with van der Waals surface area (Å²) in [7, 11) is 0. The molecule has 0 radical (unpaired) electrons. The van der Waals surface area contributed by atoms with Crippen LogP contribution in [0.5, 0.6) is 0 Å². The minimum Gasteiger partial charge on any atom is -0.354 e. The number of hydrogen-bond acceptors (Lipinski definition) is 6. The molecule has 9 heteroatoms. The van der Waals surface area contributed by atoms with Gasteiger partial charge in [-0.2, -0.15) is 4.80 Å². The van der Waals surface area contributed by atoms with Crippen LogP contribution in [0.3, 0.4) is 0 Å². The number of carbonyl (C=O) groups excluding carboxylic acids is 1. The summed E-state index contributed by atoms with van der Waals surface area (Å²) in [5, 5.41) is 19.0. The fourth-order valence-corrected chi connectivity index (χ4v) is 2.80. The molecule has 1 aliphatic heterocycles. The summed E-state index contributed by atoms with van der Waals surface area (Å²) in [5.74, 6) is 0.364. The fraction of sp³-hybridized carbons (Fsp3) is 0.500. The number of carbonyl (C=O) groups is 1. The Kier molecular flexibility index (Phi) is 6.32. The van der Waals surface area contributed by atoms with Crippen LogP contribution >= 0.6 is 11.6 Å². The van der Waals surface area contributed by atoms with Crippen LogP contribution in [0.2, 0.25) is 5.02 Å². The molecule has 134 valence electrons. The van der Waals surface area contributed by atoms with E-state index in [4.69, 9.17) is 11.6 Å². The van der Waals surface area contributed by atoms with E-state index in [1.54, 1.807) is 12.1 Å². The van der Waals surface area contributed by atoms with Crippen LogP contribution in [0.4, 0.5) is 0 Å². The smallest absolute Gasteiger partial charge is 0.243 e. The van der Waals surface area contributed by atoms with Crippen LogP contribution in [0.15, 0.2) is 24.3 Å². The summed E-state index contributed by atoms with van der Waals surface area (Å²) in [6.45, 7) is 5.95. The first-order valence-electron chi connectivity index (χ1n) is 8.44. The van der Waals surface area contributed by atoms with Crippen molar-refractivity contribution in [2.75, 3.05) is 39.3 Å². The molecule has 0 atom stereocenters. The van der Waals surface area contributed by atoms with Crippen molar-refractivity contribution in [1.82, 2.24) is 35.7 Å². The summed E-state index contributed by atoms with van der Waals surface area (Å²) in [6.07, 6.45) is 0.937. The minimum atomic E-state index is -0.111. The zero-order valence-electron chi connectivity index (χ0n) is 14.0. The van der Waals surface area contributed by atoms with E-state index in [1.165, 1.54) is 4.80 Å². The first-order valence-corrected chi connectivity index (χ1v) is 8.82. The van der Waals surface area contributed by atoms with Crippen molar-refractivity contribution in [3.8, 4) is 11.4 Å². The van der Waals surface area contributed by atoms with E-state index >= 15 is 0 Å². The Morgan fingerprint density at radius 2 is 2.00 bits per heavy atom. The first-order chi connectivity index (χ1) is 12.2. The van der Waals surface area contributed by atoms with Gasteiger partial charge in [0.05, 0.1) is 0 Å². The Morgan fingerprint density at radius 3 is 2.76 bits per heavy atom. The average molecular weight is 364 g/mol. The van der Waals surface area contributed by atoms with Gasteiger partial charge in [0.15, 0.2) is 0 Å². The largest absolute Gasteiger partial charge is 0.354 e. The van der Waals surface area contributed by atoms with Gasteiger partial charge in [0.25, 0.3) is 0 Å². The van der Waals surface area contributed by atoms with E-state index in [1.807, 2.05) is 12.1 Å². The minimum absolute atomic E-state index is 0.0637. The normalized spacial score (nSPS) is 15.2. The van der Waals surface area contributed by atoms with Crippen LogP contribution in [-0.2, 0) is 11.3 Å². The quantitative estimate of drug-likeness (QED) is 0.692. The predicted octanol–water partition coefficient (Wildman–Crippen LogP) is 0.405. The van der Waals surface area contributed by atoms with Crippen LogP contribution < -0.4 is 10.6 Å². The summed E-state index contributed by atoms with van der Waals surface area (Å²) >= 11 is 5.86. The lowest BCUT2D eigenvalue weighted by Crippen LogP contribution is -2.44. The second-order valence-corrected chi connectivity index (χ2v) is 6.38. The fourth-order valence-electron chi connectivity index (χ4n) is 2.67. The maximum absolute atomic E-state index is 12.0. The number of nitrogens with zero attached hydrogens (tertiary/aromatic N) is 5. The summed E-state index contributed by atoms with van der Waals surface area (Å²) < 4.78 is 0. The highest BCUT2D eigenvalue weighted by atomic mass is 35.5. The van der Waals surface area contributed by atoms with E-state index in [0.29, 0.717) is 17.4 Å². The molecule has 2 heterocycles. The van der Waals surface area contributed by atoms with Crippen LogP contribution in [0.25, 0.3) is 11.4 Å². The second-order valence-electron chi connectivity index (χ2n) is 5.95. The van der Waals surface area contributed by atoms with E-state index in [9.17, 15) is 4.79 Å². The number of benzene rings is 1. The summed E-state index contributed by atoms with van der Waals surface area (Å²) in [5.41, 5.74) is 0.812. The third-order valence-electron chi connectivity index (χ3n) is 4.02. The standard InChI is InChI=1S/C16H22ClN7O/c17-14-4-2-13(3-5-14)16-20-22-24(21-16)12-15(25)19-6-1-9-23-10-7-18-8-11-23/h2-5,18H,1,6-12H2,(H,19,25). The van der Waals surface area contributed by atoms with E-state index in [0.717, 1.165) is 44.7 Å². The Bertz CT molecular complexity index is 682. The van der Waals surface area contributed by atoms with Crippen molar-refractivity contribution in [2.24, 2.45) is 0 Å². The molecule has 1 amide bonds. The molecule has 1 aromatic heterocycles. The van der Waals surface area contributed by atoms with Gasteiger partial charge in [0.2, 0.25) is 11.7 Å². The number of halogens is 1. The number of piperazine rings is 1. The van der Waals surface area contributed by atoms with Crippen molar-refractivity contribution in [1.29, 1.82) is 0 Å². The van der Waals surface area contributed by atoms with Gasteiger partial charge in [0.1, 0.15) is 6.54 Å². The molecule has 2 N–H and O–H groups in total. The monoisotopic (exact) mass is 363 g/mol. The van der Waals surface area contributed by atoms with E-state index in [2.05, 4.69) is 30.9 Å². The van der Waals surface area contributed by atoms with Crippen LogP contribution in [0.1, 0.15) is 6.42 Å². The maximum atomic E-state index is 12.0. The zero-order chi connectivity index (χ0) is 17.5. The SMILES string of the molecule is O=C(Cn1nnc(-c2ccc(Cl)cc2)n1)NCCCN1CCNCC1. The maximum Gasteiger partial charge on any atom is 0.243 e. The highest BCUT2D eigenvalue weighted by Crippen LogP contribution is 2.16. The number of hydrogen-bond donors (Lipinski definition) is 2. The van der Waals surface area contributed by atoms with Crippen molar-refractivity contribution in [2.45, 2.75) is 13.0 Å². The molecule has 3 rings (SSSR count). The van der Waals surface area contributed by atoms with Crippen molar-refractivity contribution < 1.29 is 4.79 Å². The average Bonchev–Trinajstić information content (AvgIpc) is 3.09. The number of nitrogens with one attached hydrogen (secondary N) is 2. The number of amides is 1. The van der Waals surface area contributed by atoms with Gasteiger partial charge >= 0.3 is 0 Å². The first kappa shape index (κ1) is 17.8. The highest BCUT2D eigenvalue weighted by Gasteiger charge is 2.11. The second kappa shape index (κ2) is 8.89. The Morgan fingerprint density at radius 1 is 1.24 bits per heavy atom. The molecule has 0 saturated carbocycles. The molecule has 0 aliphatic carbocycles. The third-order valence-corrected chi connectivity index (χ3v) is 4.28. The van der Waals surface area contributed by atoms with Gasteiger partial charge < -0.3 is 15.5 Å². The molecular formula is C16H22ClN7O. The molecule has 8 nitrogen and oxygen atoms in total. The van der Waals surface area contributed by atoms with Gasteiger partial charge in [-0.1, -0.05) is 11.6 Å². The van der Waals surface area contributed by atoms with Crippen LogP contribution in [-0.4, -0.2) is 70.3 Å². The van der Waals surface area contributed by atoms with E-state index < -0.39 is 0 Å². The number of rotatable bonds is 7. The lowest BCUT2D eigenvalue weighted by molar-refractivity contribution is -0.122. The molecule has 1 fully saturated rings. The molecular weight excluding hydrogens is 342 g/mol. The van der Waals surface area contributed by atoms with Crippen molar-refractivity contribution in [3.63, 3.8) is 0 Å². The molecule has 25 heavy (non-hydrogen) atoms. The van der Waals surface area contributed by atoms with Gasteiger partial charge in [-0.3, -0.25) is 4.79 Å². The van der Waals surface area contributed by atoms with Gasteiger partial charge in [0, 0.05) is 43.3 Å². The number of tetrazole rings is 1. The Balaban J connectivity index is 1.40. The number of aromatic nitrogens is 4. The molecule has 2 aromatic rings. The highest BCUT2D eigenvalue weighted by molar-refractivity contribution is 6.30. The van der Waals surface area contributed by atoms with Crippen molar-refractivity contribution >= 4 is 17.5 Å². The summed E-state index contributed by atoms with van der Waals surface area (Å²) in [6, 6.07) is 7.17. The lowest BCUT2D eigenvalue weighted by atomic mass is 10.2. The van der Waals surface area contributed by atoms with Crippen molar-refractivity contribution in [3.05, 3.63) is 29.3 Å². The molecule has 0 spiro atoms. The van der Waals surface area contributed by atoms with Gasteiger partial charge in [-0.05, 0) is 42.4 Å².